The first kappa shape index (κ1) is 35.4. The second kappa shape index (κ2) is 22.9. The predicted molar refractivity (Wildman–Crippen MR) is 137 cm³/mol. The van der Waals surface area contributed by atoms with Crippen LogP contribution in [-0.4, -0.2) is 54.4 Å². The van der Waals surface area contributed by atoms with Crippen molar-refractivity contribution in [2.75, 3.05) is 25.4 Å². The molecule has 1 aromatic rings. The van der Waals surface area contributed by atoms with Gasteiger partial charge in [-0.2, -0.15) is 0 Å². The molecule has 0 saturated carbocycles. The fourth-order valence-corrected chi connectivity index (χ4v) is 8.62. The van der Waals surface area contributed by atoms with Crippen molar-refractivity contribution in [1.29, 1.82) is 0 Å². The molecule has 0 bridgehead atoms. The number of hydrogen-bond acceptors (Lipinski definition) is 3. The van der Waals surface area contributed by atoms with E-state index in [0.717, 1.165) is 22.6 Å². The van der Waals surface area contributed by atoms with Crippen molar-refractivity contribution in [1.82, 2.24) is 5.32 Å². The first-order chi connectivity index (χ1) is 14.2. The molecule has 180 valence electrons. The van der Waals surface area contributed by atoms with E-state index in [0.29, 0.717) is 12.1 Å². The summed E-state index contributed by atoms with van der Waals surface area (Å²) in [4.78, 5) is 3.53. The van der Waals surface area contributed by atoms with E-state index in [2.05, 4.69) is 72.3 Å². The van der Waals surface area contributed by atoms with E-state index < -0.39 is 0 Å². The normalized spacial score (nSPS) is 11.0. The Labute approximate surface area is 206 Å². The zero-order chi connectivity index (χ0) is 23.5. The number of aliphatic imine (C=N–C) groups is 1. The molecule has 0 radical (unpaired) electrons. The molecule has 0 amide bonds. The van der Waals surface area contributed by atoms with E-state index in [1.807, 2.05) is 18.2 Å². The van der Waals surface area contributed by atoms with Crippen LogP contribution in [0.25, 0.3) is 0 Å². The Morgan fingerprint density at radius 3 is 1.52 bits per heavy atom. The molecule has 0 heterocycles. The van der Waals surface area contributed by atoms with Gasteiger partial charge < -0.3 is 11.8 Å². The summed E-state index contributed by atoms with van der Waals surface area (Å²) in [5.74, 6) is 0. The quantitative estimate of drug-likeness (QED) is 0.0760. The van der Waals surface area contributed by atoms with Gasteiger partial charge in [-0.3, -0.25) is 4.99 Å². The third-order valence-corrected chi connectivity index (χ3v) is 11.5. The van der Waals surface area contributed by atoms with Crippen LogP contribution in [0.1, 0.15) is 56.8 Å². The van der Waals surface area contributed by atoms with Crippen LogP contribution in [0.5, 0.6) is 0 Å². The molecule has 0 aliphatic rings. The largest absolute Gasteiger partial charge is 2.00 e. The van der Waals surface area contributed by atoms with Gasteiger partial charge in [-0.25, -0.2) is 0 Å². The molecule has 0 aromatic heterocycles. The maximum absolute atomic E-state index is 9.81. The number of nitrogens with one attached hydrogen (secondary N) is 1. The van der Waals surface area contributed by atoms with Gasteiger partial charge in [0.25, 0.3) is 0 Å². The summed E-state index contributed by atoms with van der Waals surface area (Å²) >= 11 is 0. The van der Waals surface area contributed by atoms with Crippen LogP contribution in [0.3, 0.4) is 0 Å². The average Bonchev–Trinajstić information content (AvgIpc) is 2.69. The Hall–Kier alpha value is -0.231. The van der Waals surface area contributed by atoms with Gasteiger partial charge in [0.2, 0.25) is 0 Å². The van der Waals surface area contributed by atoms with E-state index in [1.54, 1.807) is 12.1 Å². The molecule has 0 unspecified atom stereocenters. The molecule has 0 atom stereocenters. The molecule has 0 aliphatic heterocycles. The second-order valence-corrected chi connectivity index (χ2v) is 15.3. The zero-order valence-corrected chi connectivity index (χ0v) is 23.5. The van der Waals surface area contributed by atoms with Gasteiger partial charge in [-0.15, -0.1) is 15.8 Å². The first-order valence-electron chi connectivity index (χ1n) is 10.8. The number of hydrogen-bond donors (Lipinski definition) is 1. The molecule has 1 rings (SSSR count). The molecule has 31 heavy (non-hydrogen) atoms. The van der Waals surface area contributed by atoms with Crippen LogP contribution in [0.2, 0.25) is 0 Å². The number of nitrogens with zero attached hydrogens (tertiary/aromatic N) is 1. The fourth-order valence-electron chi connectivity index (χ4n) is 3.34. The Bertz CT molecular complexity index is 521. The summed E-state index contributed by atoms with van der Waals surface area (Å²) in [7, 11) is 0.415. The second-order valence-electron chi connectivity index (χ2n) is 8.17. The smallest absolute Gasteiger partial charge is 1.00 e. The molecule has 0 saturated heterocycles. The minimum atomic E-state index is 0. The van der Waals surface area contributed by atoms with Crippen molar-refractivity contribution in [3.8, 4) is 0 Å². The Kier molecular flexibility index (Phi) is 26.2. The molecule has 4 nitrogen and oxygen atoms in total. The molecular weight excluding hydrogens is 466 g/mol. The molecule has 7 heteroatoms. The molecular formula is C24H44FeN2O2P2. The van der Waals surface area contributed by atoms with Crippen molar-refractivity contribution in [2.24, 2.45) is 4.99 Å². The molecule has 0 aliphatic carbocycles. The van der Waals surface area contributed by atoms with Crippen molar-refractivity contribution in [2.45, 2.75) is 78.0 Å². The van der Waals surface area contributed by atoms with E-state index in [4.69, 9.17) is 4.65 Å². The van der Waals surface area contributed by atoms with Crippen molar-refractivity contribution < 1.29 is 28.3 Å². The molecule has 0 fully saturated rings. The fraction of sp³-hybridized carbons (Fsp3) is 0.667. The SMILES string of the molecule is CC(C)P(CCNCCP(C(C)C)C(C)C)C(C)C.[C-]#[O+].[Fe+2].[H-].[O-]C=Nc1ccccc1. The van der Waals surface area contributed by atoms with Gasteiger partial charge in [-0.1, -0.05) is 80.0 Å². The maximum atomic E-state index is 9.81. The van der Waals surface area contributed by atoms with Crippen LogP contribution in [-0.2, 0) is 21.7 Å². The Morgan fingerprint density at radius 1 is 0.871 bits per heavy atom. The summed E-state index contributed by atoms with van der Waals surface area (Å²) in [5, 5.41) is 13.5. The van der Waals surface area contributed by atoms with E-state index in [1.165, 1.54) is 25.4 Å². The van der Waals surface area contributed by atoms with Crippen LogP contribution in [0.15, 0.2) is 35.3 Å². The predicted octanol–water partition coefficient (Wildman–Crippen LogP) is 5.95. The summed E-state index contributed by atoms with van der Waals surface area (Å²) < 4.78 is 7.50. The molecule has 0 spiro atoms. The summed E-state index contributed by atoms with van der Waals surface area (Å²) in [6.07, 6.45) is 3.33. The van der Waals surface area contributed by atoms with Gasteiger partial charge in [0.1, 0.15) is 0 Å². The summed E-state index contributed by atoms with van der Waals surface area (Å²) in [6.45, 7) is 26.1. The first-order valence-corrected chi connectivity index (χ1v) is 14.2. The van der Waals surface area contributed by atoms with Gasteiger partial charge in [0.05, 0.1) is 5.69 Å². The van der Waals surface area contributed by atoms with Gasteiger partial charge in [0.15, 0.2) is 0 Å². The molecule has 1 N–H and O–H groups in total. The van der Waals surface area contributed by atoms with Crippen LogP contribution in [0.4, 0.5) is 5.69 Å². The third kappa shape index (κ3) is 19.0. The van der Waals surface area contributed by atoms with Gasteiger partial charge in [-0.05, 0) is 60.2 Å². The van der Waals surface area contributed by atoms with E-state index in [9.17, 15) is 5.11 Å². The third-order valence-electron chi connectivity index (χ3n) is 4.70. The number of rotatable bonds is 11. The number of para-hydroxylation sites is 1. The van der Waals surface area contributed by atoms with Crippen LogP contribution < -0.4 is 10.4 Å². The minimum Gasteiger partial charge on any atom is -1.00 e. The number of benzene rings is 1. The molecule has 1 aromatic carbocycles. The van der Waals surface area contributed by atoms with E-state index in [-0.39, 0.29) is 34.3 Å². The van der Waals surface area contributed by atoms with Crippen LogP contribution in [0, 0.1) is 6.65 Å². The zero-order valence-electron chi connectivity index (χ0n) is 21.6. The average molecular weight is 510 g/mol. The van der Waals surface area contributed by atoms with E-state index >= 15 is 0 Å². The topological polar surface area (TPSA) is 67.3 Å². The summed E-state index contributed by atoms with van der Waals surface area (Å²) in [6, 6.07) is 9.09. The van der Waals surface area contributed by atoms with Crippen LogP contribution >= 0.6 is 15.8 Å². The Balaban J connectivity index is -0.000000253. The van der Waals surface area contributed by atoms with Crippen molar-refractivity contribution >= 4 is 27.9 Å². The Morgan fingerprint density at radius 2 is 1.23 bits per heavy atom. The van der Waals surface area contributed by atoms with Crippen molar-refractivity contribution in [3.05, 3.63) is 37.0 Å². The van der Waals surface area contributed by atoms with Gasteiger partial charge in [0, 0.05) is 0 Å². The minimum absolute atomic E-state index is 0. The van der Waals surface area contributed by atoms with Gasteiger partial charge >= 0.3 is 28.4 Å². The summed E-state index contributed by atoms with van der Waals surface area (Å²) in [5.41, 5.74) is 4.20. The monoisotopic (exact) mass is 510 g/mol. The van der Waals surface area contributed by atoms with Crippen molar-refractivity contribution in [3.63, 3.8) is 0 Å². The maximum Gasteiger partial charge on any atom is 2.00 e. The standard InChI is InChI=1S/C16H37NP2.C7H7NO.CO.Fe.H/c1-13(2)18(14(3)4)11-9-17-10-12-19(15(5)6)16(7)8;9-6-8-7-4-2-1-3-5-7;1-2;;/h13-17H,9-12H2,1-8H3;1-6H,(H,8,9);;;/q;;;+2;-1/p-1.